The van der Waals surface area contributed by atoms with Gasteiger partial charge in [0.25, 0.3) is 0 Å². The standard InChI is InChI=1S/C8H11.3C3H6O2.Ti/c1-6-4-5-7(2)8(6)3;3*1-2-3(4)5;/h4H2,1-3H3;3*2H2,1H3,(H,4,5);/q-1;;;;. The van der Waals surface area contributed by atoms with Gasteiger partial charge in [0, 0.05) is 41.0 Å². The monoisotopic (exact) mass is 377 g/mol. The minimum atomic E-state index is -0.745. The van der Waals surface area contributed by atoms with Crippen LogP contribution in [-0.2, 0) is 36.1 Å². The van der Waals surface area contributed by atoms with Crippen LogP contribution in [0.2, 0.25) is 0 Å². The molecule has 3 N–H and O–H groups in total. The number of hydrogen-bond acceptors (Lipinski definition) is 3. The third kappa shape index (κ3) is 25.6. The number of carbonyl (C=O) groups is 3. The molecule has 0 fully saturated rings. The van der Waals surface area contributed by atoms with E-state index >= 15 is 0 Å². The molecule has 0 radical (unpaired) electrons. The summed E-state index contributed by atoms with van der Waals surface area (Å²) in [6, 6.07) is 0. The maximum absolute atomic E-state index is 9.37. The van der Waals surface area contributed by atoms with Gasteiger partial charge in [0.1, 0.15) is 0 Å². The van der Waals surface area contributed by atoms with Crippen LogP contribution in [0, 0.1) is 6.08 Å². The largest absolute Gasteiger partial charge is 0.481 e. The quantitative estimate of drug-likeness (QED) is 0.508. The second kappa shape index (κ2) is 19.7. The van der Waals surface area contributed by atoms with Crippen molar-refractivity contribution in [1.82, 2.24) is 0 Å². The summed E-state index contributed by atoms with van der Waals surface area (Å²) in [4.78, 5) is 28.1. The summed E-state index contributed by atoms with van der Waals surface area (Å²) in [6.07, 6.45) is 4.98. The Morgan fingerprint density at radius 1 is 0.833 bits per heavy atom. The van der Waals surface area contributed by atoms with Crippen LogP contribution in [0.4, 0.5) is 0 Å². The van der Waals surface area contributed by atoms with Crippen molar-refractivity contribution in [1.29, 1.82) is 0 Å². The Labute approximate surface area is 159 Å². The van der Waals surface area contributed by atoms with Gasteiger partial charge in [0.15, 0.2) is 0 Å². The maximum Gasteiger partial charge on any atom is 0.303 e. The van der Waals surface area contributed by atoms with Crippen LogP contribution in [0.25, 0.3) is 0 Å². The van der Waals surface area contributed by atoms with Crippen molar-refractivity contribution in [2.75, 3.05) is 0 Å². The predicted octanol–water partition coefficient (Wildman–Crippen LogP) is 3.92. The molecule has 0 heterocycles. The zero-order chi connectivity index (χ0) is 19.0. The molecule has 1 aliphatic carbocycles. The minimum Gasteiger partial charge on any atom is -0.481 e. The molecule has 138 valence electrons. The molecule has 1 rings (SSSR count). The van der Waals surface area contributed by atoms with Crippen LogP contribution < -0.4 is 0 Å². The fourth-order valence-corrected chi connectivity index (χ4v) is 0.850. The summed E-state index contributed by atoms with van der Waals surface area (Å²) >= 11 is 0. The van der Waals surface area contributed by atoms with Crippen LogP contribution in [0.3, 0.4) is 0 Å². The first-order valence-corrected chi connectivity index (χ1v) is 7.42. The van der Waals surface area contributed by atoms with Crippen molar-refractivity contribution in [3.63, 3.8) is 0 Å². The van der Waals surface area contributed by atoms with Gasteiger partial charge in [-0.1, -0.05) is 34.6 Å². The Hall–Kier alpha value is -1.40. The Morgan fingerprint density at radius 2 is 1.08 bits per heavy atom. The number of carboxylic acids is 3. The molecule has 0 unspecified atom stereocenters. The Bertz CT molecular complexity index is 400. The molecule has 1 aliphatic rings. The smallest absolute Gasteiger partial charge is 0.303 e. The molecule has 0 aromatic heterocycles. The van der Waals surface area contributed by atoms with Crippen molar-refractivity contribution in [2.24, 2.45) is 0 Å². The van der Waals surface area contributed by atoms with Crippen LogP contribution in [-0.4, -0.2) is 33.2 Å². The molecule has 0 aromatic rings. The summed E-state index contributed by atoms with van der Waals surface area (Å²) in [6.45, 7) is 11.2. The van der Waals surface area contributed by atoms with Gasteiger partial charge in [-0.3, -0.25) is 20.5 Å². The molecule has 0 atom stereocenters. The van der Waals surface area contributed by atoms with E-state index in [1.165, 1.54) is 16.7 Å². The van der Waals surface area contributed by atoms with E-state index in [4.69, 9.17) is 15.3 Å². The number of allylic oxidation sites excluding steroid dienone is 4. The van der Waals surface area contributed by atoms with Crippen LogP contribution >= 0.6 is 0 Å². The molecule has 24 heavy (non-hydrogen) atoms. The number of carboxylic acid groups (broad SMARTS) is 3. The molecular formula is C17H29O6Ti-. The van der Waals surface area contributed by atoms with Gasteiger partial charge >= 0.3 is 17.9 Å². The van der Waals surface area contributed by atoms with E-state index in [1.54, 1.807) is 20.8 Å². The molecule has 0 saturated carbocycles. The van der Waals surface area contributed by atoms with Gasteiger partial charge in [-0.05, 0) is 0 Å². The summed E-state index contributed by atoms with van der Waals surface area (Å²) in [7, 11) is 0. The van der Waals surface area contributed by atoms with Gasteiger partial charge < -0.3 is 15.3 Å². The topological polar surface area (TPSA) is 112 Å². The summed E-state index contributed by atoms with van der Waals surface area (Å²) < 4.78 is 0. The SMILES string of the molecule is CC1=[C-]CC(C)=C1C.CCC(=O)O.CCC(=O)O.CCC(=O)O.[Ti]. The van der Waals surface area contributed by atoms with Gasteiger partial charge in [-0.15, -0.1) is 13.3 Å². The summed E-state index contributed by atoms with van der Waals surface area (Å²) in [5.41, 5.74) is 4.25. The average Bonchev–Trinajstić information content (AvgIpc) is 2.80. The molecule has 0 bridgehead atoms. The zero-order valence-corrected chi connectivity index (χ0v) is 17.0. The van der Waals surface area contributed by atoms with Crippen molar-refractivity contribution >= 4 is 17.9 Å². The first kappa shape index (κ1) is 30.5. The number of rotatable bonds is 3. The minimum absolute atomic E-state index is 0. The van der Waals surface area contributed by atoms with E-state index in [0.717, 1.165) is 6.42 Å². The Kier molecular flexibility index (Phi) is 25.0. The normalized spacial score (nSPS) is 11.2. The second-order valence-electron chi connectivity index (χ2n) is 4.63. The third-order valence-corrected chi connectivity index (χ3v) is 2.73. The van der Waals surface area contributed by atoms with E-state index < -0.39 is 17.9 Å². The summed E-state index contributed by atoms with van der Waals surface area (Å²) in [5, 5.41) is 23.2. The maximum atomic E-state index is 9.37. The molecule has 0 amide bonds. The molecular weight excluding hydrogens is 348 g/mol. The van der Waals surface area contributed by atoms with Crippen molar-refractivity contribution in [3.8, 4) is 0 Å². The summed E-state index contributed by atoms with van der Waals surface area (Å²) in [5.74, 6) is -2.24. The van der Waals surface area contributed by atoms with Gasteiger partial charge in [-0.2, -0.15) is 11.1 Å². The fraction of sp³-hybridized carbons (Fsp3) is 0.588. The molecule has 7 heteroatoms. The second-order valence-corrected chi connectivity index (χ2v) is 4.63. The first-order chi connectivity index (χ1) is 10.5. The van der Waals surface area contributed by atoms with Gasteiger partial charge in [0.05, 0.1) is 0 Å². The fourth-order valence-electron chi connectivity index (χ4n) is 0.850. The number of hydrogen-bond donors (Lipinski definition) is 3. The Balaban J connectivity index is -0.000000113. The van der Waals surface area contributed by atoms with E-state index in [-0.39, 0.29) is 41.0 Å². The zero-order valence-electron chi connectivity index (χ0n) is 15.4. The van der Waals surface area contributed by atoms with Crippen LogP contribution in [0.15, 0.2) is 16.7 Å². The first-order valence-electron chi connectivity index (χ1n) is 7.42. The van der Waals surface area contributed by atoms with E-state index in [9.17, 15) is 14.4 Å². The molecule has 0 spiro atoms. The molecule has 6 nitrogen and oxygen atoms in total. The molecule has 0 aromatic carbocycles. The predicted molar refractivity (Wildman–Crippen MR) is 89.2 cm³/mol. The average molecular weight is 377 g/mol. The van der Waals surface area contributed by atoms with Crippen LogP contribution in [0.5, 0.6) is 0 Å². The van der Waals surface area contributed by atoms with Crippen molar-refractivity contribution in [2.45, 2.75) is 67.2 Å². The Morgan fingerprint density at radius 3 is 1.12 bits per heavy atom. The number of aliphatic carboxylic acids is 3. The van der Waals surface area contributed by atoms with Crippen molar-refractivity contribution in [3.05, 3.63) is 22.8 Å². The van der Waals surface area contributed by atoms with Gasteiger partial charge in [0.2, 0.25) is 0 Å². The van der Waals surface area contributed by atoms with E-state index in [2.05, 4.69) is 26.8 Å². The van der Waals surface area contributed by atoms with Crippen LogP contribution in [0.1, 0.15) is 67.2 Å². The molecule has 0 aliphatic heterocycles. The molecule has 0 saturated heterocycles. The van der Waals surface area contributed by atoms with Gasteiger partial charge in [-0.25, -0.2) is 5.57 Å². The third-order valence-electron chi connectivity index (χ3n) is 2.73. The van der Waals surface area contributed by atoms with Crippen molar-refractivity contribution < 1.29 is 51.4 Å². The van der Waals surface area contributed by atoms with E-state index in [1.807, 2.05) is 0 Å². The van der Waals surface area contributed by atoms with E-state index in [0.29, 0.717) is 0 Å².